The number of carbonyl (C=O) groups is 2. The summed E-state index contributed by atoms with van der Waals surface area (Å²) >= 11 is 3.23. The molecule has 2 amide bonds. The molecule has 1 aromatic rings. The second-order valence-electron chi connectivity index (χ2n) is 5.23. The van der Waals surface area contributed by atoms with Crippen molar-refractivity contribution >= 4 is 34.1 Å². The number of nitrogens with zero attached hydrogens (tertiary/aromatic N) is 1. The Bertz CT molecular complexity index is 730. The average molecular weight is 425 g/mol. The minimum absolute atomic E-state index is 0.117. The lowest BCUT2D eigenvalue weighted by Crippen LogP contribution is -2.50. The third-order valence-electron chi connectivity index (χ3n) is 3.35. The summed E-state index contributed by atoms with van der Waals surface area (Å²) in [4.78, 5) is 23.7. The Kier molecular flexibility index (Phi) is 8.57. The van der Waals surface area contributed by atoms with Gasteiger partial charge in [-0.25, -0.2) is 4.79 Å². The van der Waals surface area contributed by atoms with Gasteiger partial charge in [-0.15, -0.1) is 6.58 Å². The van der Waals surface area contributed by atoms with Gasteiger partial charge in [0, 0.05) is 6.07 Å². The molecule has 0 unspecified atom stereocenters. The first kappa shape index (κ1) is 21.4. The molecular formula is C18H21BrN2O5. The summed E-state index contributed by atoms with van der Waals surface area (Å²) in [5.74, 6) is 0.618. The predicted molar refractivity (Wildman–Crippen MR) is 100 cm³/mol. The summed E-state index contributed by atoms with van der Waals surface area (Å²) in [7, 11) is 3.04. The molecule has 0 saturated carbocycles. The molecule has 0 spiro atoms. The van der Waals surface area contributed by atoms with Crippen LogP contribution in [0.5, 0.6) is 11.5 Å². The quantitative estimate of drug-likeness (QED) is 0.368. The van der Waals surface area contributed by atoms with Gasteiger partial charge in [0.25, 0.3) is 0 Å². The molecule has 0 saturated heterocycles. The van der Waals surface area contributed by atoms with Crippen molar-refractivity contribution in [2.75, 3.05) is 20.8 Å². The van der Waals surface area contributed by atoms with Gasteiger partial charge in [0.1, 0.15) is 17.6 Å². The van der Waals surface area contributed by atoms with Crippen molar-refractivity contribution in [1.82, 2.24) is 5.32 Å². The van der Waals surface area contributed by atoms with Crippen LogP contribution in [0.25, 0.3) is 0 Å². The van der Waals surface area contributed by atoms with E-state index in [1.54, 1.807) is 24.4 Å². The van der Waals surface area contributed by atoms with Crippen LogP contribution < -0.4 is 19.9 Å². The van der Waals surface area contributed by atoms with E-state index in [1.165, 1.54) is 24.9 Å². The minimum atomic E-state index is -1.54. The topological polar surface area (TPSA) is 90.7 Å². The molecule has 0 bridgehead atoms. The van der Waals surface area contributed by atoms with Crippen molar-refractivity contribution in [2.24, 2.45) is 0 Å². The molecule has 0 radical (unpaired) electrons. The molecule has 0 aliphatic heterocycles. The number of carboxylic acid groups (broad SMARTS) is 1. The van der Waals surface area contributed by atoms with Crippen LogP contribution in [-0.2, 0) is 4.79 Å². The van der Waals surface area contributed by atoms with Gasteiger partial charge in [0.15, 0.2) is 18.8 Å². The van der Waals surface area contributed by atoms with Gasteiger partial charge < -0.3 is 24.7 Å². The summed E-state index contributed by atoms with van der Waals surface area (Å²) in [6, 6.07) is 4.10. The average Bonchev–Trinajstić information content (AvgIpc) is 2.59. The highest BCUT2D eigenvalue weighted by Crippen LogP contribution is 2.23. The van der Waals surface area contributed by atoms with Gasteiger partial charge in [-0.3, -0.25) is 0 Å². The molecule has 0 heterocycles. The van der Waals surface area contributed by atoms with Crippen LogP contribution in [0.3, 0.4) is 0 Å². The highest BCUT2D eigenvalue weighted by Gasteiger charge is 2.29. The Balaban J connectivity index is 3.33. The highest BCUT2D eigenvalue weighted by atomic mass is 79.9. The van der Waals surface area contributed by atoms with Crippen molar-refractivity contribution < 1.29 is 28.7 Å². The monoisotopic (exact) mass is 424 g/mol. The third-order valence-corrected chi connectivity index (χ3v) is 3.60. The number of hydrogen-bond acceptors (Lipinski definition) is 5. The first-order chi connectivity index (χ1) is 12.3. The first-order valence-electron chi connectivity index (χ1n) is 7.61. The van der Waals surface area contributed by atoms with Crippen molar-refractivity contribution in [3.8, 4) is 11.5 Å². The molecule has 0 aliphatic rings. The van der Waals surface area contributed by atoms with E-state index in [-0.39, 0.29) is 13.0 Å². The van der Waals surface area contributed by atoms with Gasteiger partial charge in [-0.2, -0.15) is 4.58 Å². The molecule has 26 heavy (non-hydrogen) atoms. The number of ether oxygens (including phenoxy) is 2. The van der Waals surface area contributed by atoms with E-state index in [0.717, 1.165) is 0 Å². The largest absolute Gasteiger partial charge is 0.530 e. The van der Waals surface area contributed by atoms with Gasteiger partial charge in [-0.1, -0.05) is 12.7 Å². The first-order valence-corrected chi connectivity index (χ1v) is 8.40. The summed E-state index contributed by atoms with van der Waals surface area (Å²) in [6.45, 7) is 7.42. The Morgan fingerprint density at radius 3 is 2.58 bits per heavy atom. The minimum Gasteiger partial charge on any atom is -0.530 e. The van der Waals surface area contributed by atoms with Crippen LogP contribution in [0.15, 0.2) is 41.9 Å². The number of hydrogen-bond donors (Lipinski definition) is 1. The Morgan fingerprint density at radius 2 is 2.08 bits per heavy atom. The molecule has 0 fully saturated rings. The lowest BCUT2D eigenvalue weighted by Gasteiger charge is -2.15. The van der Waals surface area contributed by atoms with Gasteiger partial charge in [0.2, 0.25) is 0 Å². The molecule has 0 aromatic heterocycles. The normalized spacial score (nSPS) is 12.0. The van der Waals surface area contributed by atoms with E-state index in [2.05, 4.69) is 34.4 Å². The number of nitrogens with one attached hydrogen (secondary N) is 1. The Hall–Kier alpha value is -2.61. The van der Waals surface area contributed by atoms with E-state index in [9.17, 15) is 14.7 Å². The SMILES string of the molecule is C=CC[C@@H](NC(=O)[O-])C(=O)[N+](=Cc1ccc(OC)cc1OC)CC(=C)Br. The molecule has 0 aliphatic carbocycles. The molecule has 1 aromatic carbocycles. The van der Waals surface area contributed by atoms with Crippen LogP contribution in [0.2, 0.25) is 0 Å². The van der Waals surface area contributed by atoms with E-state index in [1.807, 2.05) is 0 Å². The number of rotatable bonds is 9. The summed E-state index contributed by atoms with van der Waals surface area (Å²) < 4.78 is 12.4. The molecule has 8 heteroatoms. The van der Waals surface area contributed by atoms with E-state index in [4.69, 9.17) is 9.47 Å². The van der Waals surface area contributed by atoms with Crippen LogP contribution >= 0.6 is 15.9 Å². The van der Waals surface area contributed by atoms with Crippen LogP contribution in [0.4, 0.5) is 4.79 Å². The number of amides is 2. The number of benzene rings is 1. The van der Waals surface area contributed by atoms with E-state index in [0.29, 0.717) is 21.5 Å². The maximum Gasteiger partial charge on any atom is 0.409 e. The highest BCUT2D eigenvalue weighted by molar-refractivity contribution is 9.11. The second kappa shape index (κ2) is 10.4. The van der Waals surface area contributed by atoms with Crippen molar-refractivity contribution in [1.29, 1.82) is 0 Å². The number of halogens is 1. The molecule has 7 nitrogen and oxygen atoms in total. The number of methoxy groups -OCH3 is 2. The third kappa shape index (κ3) is 6.36. The zero-order chi connectivity index (χ0) is 19.7. The Labute approximate surface area is 160 Å². The fourth-order valence-corrected chi connectivity index (χ4v) is 2.47. The van der Waals surface area contributed by atoms with Gasteiger partial charge >= 0.3 is 5.91 Å². The molecule has 140 valence electrons. The summed E-state index contributed by atoms with van der Waals surface area (Å²) in [5, 5.41) is 13.0. The smallest absolute Gasteiger partial charge is 0.409 e. The van der Waals surface area contributed by atoms with E-state index < -0.39 is 18.0 Å². The Morgan fingerprint density at radius 1 is 1.38 bits per heavy atom. The molecule has 1 atom stereocenters. The zero-order valence-corrected chi connectivity index (χ0v) is 16.2. The lowest BCUT2D eigenvalue weighted by molar-refractivity contribution is -0.436. The summed E-state index contributed by atoms with van der Waals surface area (Å²) in [6.07, 6.45) is 1.59. The maximum atomic E-state index is 12.8. The van der Waals surface area contributed by atoms with Crippen LogP contribution in [0.1, 0.15) is 12.0 Å². The van der Waals surface area contributed by atoms with Crippen molar-refractivity contribution in [3.05, 3.63) is 47.5 Å². The molecule has 1 N–H and O–H groups in total. The van der Waals surface area contributed by atoms with Crippen molar-refractivity contribution in [3.63, 3.8) is 0 Å². The molecular weight excluding hydrogens is 404 g/mol. The fraction of sp³-hybridized carbons (Fsp3) is 0.278. The zero-order valence-electron chi connectivity index (χ0n) is 14.7. The second-order valence-corrected chi connectivity index (χ2v) is 6.35. The fourth-order valence-electron chi connectivity index (χ4n) is 2.20. The van der Waals surface area contributed by atoms with Crippen LogP contribution in [-0.4, -0.2) is 49.6 Å². The summed E-state index contributed by atoms with van der Waals surface area (Å²) in [5.41, 5.74) is 0.612. The van der Waals surface area contributed by atoms with E-state index >= 15 is 0 Å². The number of carbonyl (C=O) groups excluding carboxylic acids is 2. The maximum absolute atomic E-state index is 12.8. The molecule has 1 rings (SSSR count). The van der Waals surface area contributed by atoms with Gasteiger partial charge in [-0.05, 0) is 34.5 Å². The van der Waals surface area contributed by atoms with Crippen LogP contribution in [0, 0.1) is 0 Å². The van der Waals surface area contributed by atoms with Crippen molar-refractivity contribution in [2.45, 2.75) is 12.5 Å². The lowest BCUT2D eigenvalue weighted by atomic mass is 10.1. The standard InChI is InChI=1S/C18H21BrN2O5/c1-5-6-15(20-18(23)24)17(22)21(10-12(2)19)11-13-7-8-14(25-3)9-16(13)26-4/h5,7-9,11,15,20H,1-2,6,10H2,3-4H3/t15-/m1/s1. The predicted octanol–water partition coefficient (Wildman–Crippen LogP) is 1.45. The van der Waals surface area contributed by atoms with Gasteiger partial charge in [0.05, 0.1) is 24.3 Å².